The number of benzene rings is 3. The molecule has 2 N–H and O–H groups in total. The fourth-order valence-corrected chi connectivity index (χ4v) is 4.29. The summed E-state index contributed by atoms with van der Waals surface area (Å²) in [6.07, 6.45) is 0. The van der Waals surface area contributed by atoms with E-state index < -0.39 is 26.5 Å². The predicted molar refractivity (Wildman–Crippen MR) is 126 cm³/mol. The number of hydrogen-bond acceptors (Lipinski definition) is 7. The van der Waals surface area contributed by atoms with E-state index in [2.05, 4.69) is 10.0 Å². The summed E-state index contributed by atoms with van der Waals surface area (Å²) in [5.74, 6) is -0.681. The number of amides is 1. The second-order valence-electron chi connectivity index (χ2n) is 7.33. The van der Waals surface area contributed by atoms with Crippen LogP contribution < -0.4 is 15.7 Å². The average molecular weight is 479 g/mol. The van der Waals surface area contributed by atoms with E-state index in [0.717, 1.165) is 6.07 Å². The number of para-hydroxylation sites is 1. The zero-order chi connectivity index (χ0) is 24.5. The average Bonchev–Trinajstić information content (AvgIpc) is 2.79. The Labute approximate surface area is 193 Å². The number of anilines is 2. The van der Waals surface area contributed by atoms with Crippen LogP contribution in [0.2, 0.25) is 0 Å². The Bertz CT molecular complexity index is 1590. The van der Waals surface area contributed by atoms with E-state index in [9.17, 15) is 28.1 Å². The zero-order valence-electron chi connectivity index (χ0n) is 17.6. The first-order valence-corrected chi connectivity index (χ1v) is 11.3. The molecule has 0 fully saturated rings. The van der Waals surface area contributed by atoms with Crippen molar-refractivity contribution in [2.75, 3.05) is 10.0 Å². The molecule has 0 unspecified atom stereocenters. The Kier molecular flexibility index (Phi) is 5.86. The van der Waals surface area contributed by atoms with Crippen molar-refractivity contribution in [1.29, 1.82) is 0 Å². The molecule has 10 nitrogen and oxygen atoms in total. The topological polar surface area (TPSA) is 149 Å². The van der Waals surface area contributed by atoms with Crippen molar-refractivity contribution in [3.8, 4) is 0 Å². The number of carbonyl (C=O) groups excluding carboxylic acids is 1. The number of nitro groups is 1. The first kappa shape index (κ1) is 22.7. The van der Waals surface area contributed by atoms with Gasteiger partial charge in [-0.25, -0.2) is 13.2 Å². The predicted octanol–water partition coefficient (Wildman–Crippen LogP) is 4.06. The van der Waals surface area contributed by atoms with E-state index in [0.29, 0.717) is 22.2 Å². The van der Waals surface area contributed by atoms with Crippen LogP contribution in [0.25, 0.3) is 11.0 Å². The lowest BCUT2D eigenvalue weighted by atomic mass is 10.1. The molecule has 0 bridgehead atoms. The molecule has 172 valence electrons. The van der Waals surface area contributed by atoms with Crippen molar-refractivity contribution in [3.05, 3.63) is 104 Å². The van der Waals surface area contributed by atoms with Gasteiger partial charge in [-0.3, -0.25) is 19.6 Å². The normalized spacial score (nSPS) is 11.2. The molecule has 0 atom stereocenters. The fourth-order valence-electron chi connectivity index (χ4n) is 3.21. The molecule has 0 aliphatic rings. The summed E-state index contributed by atoms with van der Waals surface area (Å²) >= 11 is 0. The summed E-state index contributed by atoms with van der Waals surface area (Å²) in [6, 6.07) is 17.5. The van der Waals surface area contributed by atoms with Gasteiger partial charge in [0.25, 0.3) is 21.6 Å². The van der Waals surface area contributed by atoms with Gasteiger partial charge >= 0.3 is 5.63 Å². The summed E-state index contributed by atoms with van der Waals surface area (Å²) in [7, 11) is -4.09. The van der Waals surface area contributed by atoms with Crippen LogP contribution in [0.4, 0.5) is 17.1 Å². The van der Waals surface area contributed by atoms with Gasteiger partial charge < -0.3 is 9.73 Å². The standard InChI is InChI=1S/C23H17N3O7S/c1-14-6-11-18(13-20(14)26(29)30)34(31,32)25-17-9-7-16(8-10-17)24-22(27)19-12-15-4-2-3-5-21(15)33-23(19)28/h2-13,25H,1H3,(H,24,27). The van der Waals surface area contributed by atoms with Gasteiger partial charge in [-0.05, 0) is 49.4 Å². The molecule has 1 aromatic heterocycles. The molecule has 11 heteroatoms. The minimum atomic E-state index is -4.09. The van der Waals surface area contributed by atoms with Crippen LogP contribution in [0.1, 0.15) is 15.9 Å². The first-order chi connectivity index (χ1) is 16.1. The smallest absolute Gasteiger partial charge is 0.349 e. The summed E-state index contributed by atoms with van der Waals surface area (Å²) in [4.78, 5) is 34.9. The third-order valence-corrected chi connectivity index (χ3v) is 6.35. The van der Waals surface area contributed by atoms with Crippen molar-refractivity contribution < 1.29 is 22.6 Å². The Morgan fingerprint density at radius 3 is 2.35 bits per heavy atom. The number of rotatable bonds is 6. The number of nitrogens with one attached hydrogen (secondary N) is 2. The van der Waals surface area contributed by atoms with Crippen LogP contribution in [0.15, 0.2) is 86.9 Å². The Morgan fingerprint density at radius 2 is 1.65 bits per heavy atom. The fraction of sp³-hybridized carbons (Fsp3) is 0.0435. The molecule has 0 radical (unpaired) electrons. The van der Waals surface area contributed by atoms with Crippen molar-refractivity contribution in [2.45, 2.75) is 11.8 Å². The number of nitrogens with zero attached hydrogens (tertiary/aromatic N) is 1. The molecule has 0 aliphatic carbocycles. The lowest BCUT2D eigenvalue weighted by Gasteiger charge is -2.10. The molecular formula is C23H17N3O7S. The Morgan fingerprint density at radius 1 is 0.971 bits per heavy atom. The number of fused-ring (bicyclic) bond motifs is 1. The maximum Gasteiger partial charge on any atom is 0.349 e. The van der Waals surface area contributed by atoms with Crippen LogP contribution in [0.5, 0.6) is 0 Å². The van der Waals surface area contributed by atoms with Gasteiger partial charge in [0.2, 0.25) is 0 Å². The van der Waals surface area contributed by atoms with E-state index in [4.69, 9.17) is 4.42 Å². The van der Waals surface area contributed by atoms with Crippen molar-refractivity contribution in [2.24, 2.45) is 0 Å². The van der Waals surface area contributed by atoms with Gasteiger partial charge in [0, 0.05) is 28.4 Å². The van der Waals surface area contributed by atoms with Gasteiger partial charge in [0.1, 0.15) is 11.1 Å². The summed E-state index contributed by atoms with van der Waals surface area (Å²) < 4.78 is 32.8. The van der Waals surface area contributed by atoms with E-state index in [1.165, 1.54) is 49.4 Å². The number of carbonyl (C=O) groups is 1. The molecule has 34 heavy (non-hydrogen) atoms. The highest BCUT2D eigenvalue weighted by Crippen LogP contribution is 2.24. The van der Waals surface area contributed by atoms with Gasteiger partial charge in [-0.15, -0.1) is 0 Å². The molecule has 0 saturated carbocycles. The van der Waals surface area contributed by atoms with Gasteiger partial charge in [-0.1, -0.05) is 24.3 Å². The van der Waals surface area contributed by atoms with E-state index in [1.807, 2.05) is 0 Å². The highest BCUT2D eigenvalue weighted by Gasteiger charge is 2.20. The largest absolute Gasteiger partial charge is 0.422 e. The maximum atomic E-state index is 12.6. The minimum Gasteiger partial charge on any atom is -0.422 e. The van der Waals surface area contributed by atoms with Crippen LogP contribution in [-0.2, 0) is 10.0 Å². The third-order valence-electron chi connectivity index (χ3n) is 4.97. The van der Waals surface area contributed by atoms with Crippen molar-refractivity contribution in [1.82, 2.24) is 0 Å². The van der Waals surface area contributed by atoms with Crippen LogP contribution >= 0.6 is 0 Å². The Balaban J connectivity index is 1.51. The molecule has 3 aromatic carbocycles. The number of sulfonamides is 1. The number of aryl methyl sites for hydroxylation is 1. The van der Waals surface area contributed by atoms with Crippen LogP contribution in [0, 0.1) is 17.0 Å². The quantitative estimate of drug-likeness (QED) is 0.241. The van der Waals surface area contributed by atoms with Crippen LogP contribution in [-0.4, -0.2) is 19.2 Å². The highest BCUT2D eigenvalue weighted by molar-refractivity contribution is 7.92. The van der Waals surface area contributed by atoms with E-state index in [1.54, 1.807) is 24.3 Å². The second kappa shape index (κ2) is 8.79. The molecule has 1 amide bonds. The van der Waals surface area contributed by atoms with Crippen molar-refractivity contribution in [3.63, 3.8) is 0 Å². The van der Waals surface area contributed by atoms with E-state index >= 15 is 0 Å². The van der Waals surface area contributed by atoms with Crippen molar-refractivity contribution >= 4 is 44.0 Å². The number of nitro benzene ring substituents is 1. The molecular weight excluding hydrogens is 462 g/mol. The van der Waals surface area contributed by atoms with Gasteiger partial charge in [0.15, 0.2) is 0 Å². The third kappa shape index (κ3) is 4.64. The lowest BCUT2D eigenvalue weighted by Crippen LogP contribution is -2.20. The molecule has 0 aliphatic heterocycles. The molecule has 0 saturated heterocycles. The molecule has 4 aromatic rings. The van der Waals surface area contributed by atoms with Gasteiger partial charge in [-0.2, -0.15) is 0 Å². The Hall–Kier alpha value is -4.51. The van der Waals surface area contributed by atoms with E-state index in [-0.39, 0.29) is 21.8 Å². The first-order valence-electron chi connectivity index (χ1n) is 9.86. The monoisotopic (exact) mass is 479 g/mol. The molecule has 1 heterocycles. The SMILES string of the molecule is Cc1ccc(S(=O)(=O)Nc2ccc(NC(=O)c3cc4ccccc4oc3=O)cc2)cc1[N+](=O)[O-]. The molecule has 0 spiro atoms. The molecule has 4 rings (SSSR count). The number of hydrogen-bond donors (Lipinski definition) is 2. The van der Waals surface area contributed by atoms with Crippen LogP contribution in [0.3, 0.4) is 0 Å². The van der Waals surface area contributed by atoms with Gasteiger partial charge in [0.05, 0.1) is 9.82 Å². The summed E-state index contributed by atoms with van der Waals surface area (Å²) in [5, 5.41) is 14.3. The summed E-state index contributed by atoms with van der Waals surface area (Å²) in [6.45, 7) is 1.51. The lowest BCUT2D eigenvalue weighted by molar-refractivity contribution is -0.385. The zero-order valence-corrected chi connectivity index (χ0v) is 18.5. The summed E-state index contributed by atoms with van der Waals surface area (Å²) in [5.41, 5.74) is -0.0849. The maximum absolute atomic E-state index is 12.6. The minimum absolute atomic E-state index is 0.173. The highest BCUT2D eigenvalue weighted by atomic mass is 32.2. The second-order valence-corrected chi connectivity index (χ2v) is 9.01.